The lowest BCUT2D eigenvalue weighted by Crippen LogP contribution is -2.52. The van der Waals surface area contributed by atoms with Crippen molar-refractivity contribution in [1.82, 2.24) is 4.90 Å². The summed E-state index contributed by atoms with van der Waals surface area (Å²) >= 11 is 0. The minimum atomic E-state index is -0.0368. The Morgan fingerprint density at radius 3 is 2.77 bits per heavy atom. The highest BCUT2D eigenvalue weighted by Gasteiger charge is 2.30. The predicted octanol–water partition coefficient (Wildman–Crippen LogP) is 2.56. The van der Waals surface area contributed by atoms with E-state index in [2.05, 4.69) is 5.32 Å². The summed E-state index contributed by atoms with van der Waals surface area (Å²) < 4.78 is 5.66. The molecule has 26 heavy (non-hydrogen) atoms. The summed E-state index contributed by atoms with van der Waals surface area (Å²) in [5.74, 6) is 0.757. The molecule has 1 aromatic rings. The molecule has 2 fully saturated rings. The topological polar surface area (TPSA) is 84.7 Å². The fourth-order valence-electron chi connectivity index (χ4n) is 3.30. The van der Waals surface area contributed by atoms with Gasteiger partial charge in [0.2, 0.25) is 5.91 Å². The number of carbonyl (C=O) groups is 2. The molecule has 1 aliphatic carbocycles. The number of amides is 2. The second-order valence-corrected chi connectivity index (χ2v) is 7.09. The first-order valence-corrected chi connectivity index (χ1v) is 9.13. The maximum absolute atomic E-state index is 12.5. The van der Waals surface area contributed by atoms with Crippen molar-refractivity contribution in [2.45, 2.75) is 51.1 Å². The van der Waals surface area contributed by atoms with Crippen molar-refractivity contribution in [3.63, 3.8) is 0 Å². The maximum Gasteiger partial charge on any atom is 0.260 e. The number of benzene rings is 1. The van der Waals surface area contributed by atoms with Crippen LogP contribution in [0.3, 0.4) is 0 Å². The van der Waals surface area contributed by atoms with Gasteiger partial charge >= 0.3 is 0 Å². The smallest absolute Gasteiger partial charge is 0.260 e. The Hall–Kier alpha value is -1.79. The Morgan fingerprint density at radius 1 is 1.31 bits per heavy atom. The summed E-state index contributed by atoms with van der Waals surface area (Å²) in [5, 5.41) is 2.89. The van der Waals surface area contributed by atoms with Crippen LogP contribution < -0.4 is 15.8 Å². The van der Waals surface area contributed by atoms with Crippen LogP contribution in [-0.4, -0.2) is 41.9 Å². The van der Waals surface area contributed by atoms with E-state index in [-0.39, 0.29) is 48.8 Å². The van der Waals surface area contributed by atoms with Crippen LogP contribution >= 0.6 is 12.4 Å². The minimum absolute atomic E-state index is 0. The van der Waals surface area contributed by atoms with E-state index in [0.717, 1.165) is 38.6 Å². The quantitative estimate of drug-likeness (QED) is 0.793. The van der Waals surface area contributed by atoms with Gasteiger partial charge in [-0.1, -0.05) is 6.07 Å². The Kier molecular flexibility index (Phi) is 7.29. The van der Waals surface area contributed by atoms with Gasteiger partial charge in [0.15, 0.2) is 6.61 Å². The third-order valence-electron chi connectivity index (χ3n) is 4.89. The fraction of sp³-hybridized carbons (Fsp3) is 0.579. The summed E-state index contributed by atoms with van der Waals surface area (Å²) in [5.41, 5.74) is 6.73. The highest BCUT2D eigenvalue weighted by Crippen LogP contribution is 2.30. The lowest BCUT2D eigenvalue weighted by Gasteiger charge is -2.38. The number of rotatable bonds is 6. The molecular weight excluding hydrogens is 354 g/mol. The molecule has 2 amide bonds. The number of nitrogens with two attached hydrogens (primary N) is 1. The molecule has 7 heteroatoms. The van der Waals surface area contributed by atoms with Gasteiger partial charge in [0.25, 0.3) is 5.91 Å². The first-order valence-electron chi connectivity index (χ1n) is 9.13. The van der Waals surface area contributed by atoms with Crippen LogP contribution in [0.5, 0.6) is 5.75 Å². The van der Waals surface area contributed by atoms with Crippen molar-refractivity contribution >= 4 is 29.9 Å². The van der Waals surface area contributed by atoms with E-state index in [4.69, 9.17) is 10.5 Å². The number of carbonyl (C=O) groups excluding carboxylic acids is 2. The maximum atomic E-state index is 12.5. The molecule has 6 nitrogen and oxygen atoms in total. The van der Waals surface area contributed by atoms with E-state index in [0.29, 0.717) is 11.4 Å². The van der Waals surface area contributed by atoms with Crippen molar-refractivity contribution in [3.8, 4) is 5.75 Å². The van der Waals surface area contributed by atoms with Crippen LogP contribution in [0.4, 0.5) is 5.69 Å². The van der Waals surface area contributed by atoms with E-state index < -0.39 is 0 Å². The first kappa shape index (κ1) is 20.5. The molecule has 0 bridgehead atoms. The van der Waals surface area contributed by atoms with Crippen molar-refractivity contribution < 1.29 is 14.3 Å². The van der Waals surface area contributed by atoms with Gasteiger partial charge < -0.3 is 20.7 Å². The predicted molar refractivity (Wildman–Crippen MR) is 104 cm³/mol. The van der Waals surface area contributed by atoms with Gasteiger partial charge in [-0.25, -0.2) is 0 Å². The number of nitrogens with one attached hydrogen (secondary N) is 1. The molecule has 1 saturated heterocycles. The Bertz CT molecular complexity index is 634. The number of likely N-dealkylation sites (tertiary alicyclic amines) is 1. The third kappa shape index (κ3) is 5.35. The van der Waals surface area contributed by atoms with E-state index in [9.17, 15) is 9.59 Å². The second kappa shape index (κ2) is 9.24. The molecule has 0 radical (unpaired) electrons. The van der Waals surface area contributed by atoms with Crippen LogP contribution in [0.25, 0.3) is 0 Å². The van der Waals surface area contributed by atoms with Gasteiger partial charge in [-0.05, 0) is 51.2 Å². The van der Waals surface area contributed by atoms with Crippen LogP contribution in [0, 0.1) is 5.92 Å². The summed E-state index contributed by atoms with van der Waals surface area (Å²) in [6.07, 6.45) is 5.00. The van der Waals surface area contributed by atoms with E-state index in [1.54, 1.807) is 12.1 Å². The first-order chi connectivity index (χ1) is 12.0. The standard InChI is InChI=1S/C19H27N3O3.ClH/c1-13(20)17-7-2-3-10-22(17)18(23)12-25-16-6-4-5-15(11-16)21-19(24)14-8-9-14;/h4-6,11,13-14,17H,2-3,7-10,12,20H2,1H3,(H,21,24);1H. The monoisotopic (exact) mass is 381 g/mol. The zero-order valence-corrected chi connectivity index (χ0v) is 16.0. The highest BCUT2D eigenvalue weighted by atomic mass is 35.5. The molecule has 1 heterocycles. The van der Waals surface area contributed by atoms with Crippen LogP contribution in [-0.2, 0) is 9.59 Å². The van der Waals surface area contributed by atoms with Crippen molar-refractivity contribution in [1.29, 1.82) is 0 Å². The molecule has 2 aliphatic rings. The Morgan fingerprint density at radius 2 is 2.08 bits per heavy atom. The van der Waals surface area contributed by atoms with Gasteiger partial charge in [-0.3, -0.25) is 9.59 Å². The number of hydrogen-bond acceptors (Lipinski definition) is 4. The van der Waals surface area contributed by atoms with Crippen molar-refractivity contribution in [3.05, 3.63) is 24.3 Å². The van der Waals surface area contributed by atoms with Crippen molar-refractivity contribution in [2.24, 2.45) is 11.7 Å². The molecule has 1 aliphatic heterocycles. The average molecular weight is 382 g/mol. The molecule has 0 aromatic heterocycles. The van der Waals surface area contributed by atoms with Crippen LogP contribution in [0.1, 0.15) is 39.0 Å². The largest absolute Gasteiger partial charge is 0.484 e. The van der Waals surface area contributed by atoms with Gasteiger partial charge in [0.05, 0.1) is 0 Å². The van der Waals surface area contributed by atoms with Crippen molar-refractivity contribution in [2.75, 3.05) is 18.5 Å². The van der Waals surface area contributed by atoms with Crippen LogP contribution in [0.15, 0.2) is 24.3 Å². The summed E-state index contributed by atoms with van der Waals surface area (Å²) in [4.78, 5) is 26.2. The number of hydrogen-bond donors (Lipinski definition) is 2. The number of anilines is 1. The fourth-order valence-corrected chi connectivity index (χ4v) is 3.30. The molecule has 0 spiro atoms. The molecule has 144 valence electrons. The molecule has 2 unspecified atom stereocenters. The van der Waals surface area contributed by atoms with Gasteiger partial charge in [0, 0.05) is 36.3 Å². The number of nitrogens with zero attached hydrogens (tertiary/aromatic N) is 1. The zero-order valence-electron chi connectivity index (χ0n) is 15.1. The summed E-state index contributed by atoms with van der Waals surface area (Å²) in [6, 6.07) is 7.24. The van der Waals surface area contributed by atoms with Crippen LogP contribution in [0.2, 0.25) is 0 Å². The van der Waals surface area contributed by atoms with E-state index in [1.165, 1.54) is 0 Å². The number of piperidine rings is 1. The van der Waals surface area contributed by atoms with E-state index >= 15 is 0 Å². The Balaban J connectivity index is 0.00000243. The van der Waals surface area contributed by atoms with Gasteiger partial charge in [-0.15, -0.1) is 12.4 Å². The second-order valence-electron chi connectivity index (χ2n) is 7.09. The number of ether oxygens (including phenoxy) is 1. The van der Waals surface area contributed by atoms with E-state index in [1.807, 2.05) is 24.0 Å². The lowest BCUT2D eigenvalue weighted by atomic mass is 9.97. The normalized spacial score (nSPS) is 20.7. The van der Waals surface area contributed by atoms with Gasteiger partial charge in [-0.2, -0.15) is 0 Å². The lowest BCUT2D eigenvalue weighted by molar-refractivity contribution is -0.137. The molecule has 1 aromatic carbocycles. The minimum Gasteiger partial charge on any atom is -0.484 e. The molecular formula is C19H28ClN3O3. The summed E-state index contributed by atoms with van der Waals surface area (Å²) in [6.45, 7) is 2.68. The molecule has 3 rings (SSSR count). The average Bonchev–Trinajstić information content (AvgIpc) is 3.45. The molecule has 1 saturated carbocycles. The number of halogens is 1. The Labute approximate surface area is 160 Å². The van der Waals surface area contributed by atoms with Gasteiger partial charge in [0.1, 0.15) is 5.75 Å². The third-order valence-corrected chi connectivity index (χ3v) is 4.89. The summed E-state index contributed by atoms with van der Waals surface area (Å²) in [7, 11) is 0. The zero-order chi connectivity index (χ0) is 17.8. The highest BCUT2D eigenvalue weighted by molar-refractivity contribution is 5.94. The molecule has 2 atom stereocenters. The SMILES string of the molecule is CC(N)C1CCCCN1C(=O)COc1cccc(NC(=O)C2CC2)c1.Cl. The molecule has 3 N–H and O–H groups in total.